The van der Waals surface area contributed by atoms with Crippen molar-refractivity contribution in [3.63, 3.8) is 0 Å². The number of fused-ring (bicyclic) bond motifs is 1. The number of nitrogens with one attached hydrogen (secondary N) is 5. The molecule has 6 unspecified atom stereocenters. The van der Waals surface area contributed by atoms with E-state index < -0.39 is 96.2 Å². The Morgan fingerprint density at radius 1 is 0.521 bits per heavy atom. The lowest BCUT2D eigenvalue weighted by Crippen LogP contribution is -2.58. The number of hydrogen-bond acceptors (Lipinski definition) is 14. The van der Waals surface area contributed by atoms with Crippen molar-refractivity contribution in [1.29, 1.82) is 0 Å². The minimum atomic E-state index is -2.15. The standard InChI is InChI=1S/C45H53N21O7/c46-29(67)31(62-42(47)48)58-37(69)33(64-44(51)52)60-39(71)34(65-45(53)54)61-38(70)32(63-43(49)50)59-36(68)28(24-16-6-2-7-17-24)56-40(72)41(73)66(22-12-15-23-13-4-1-5-14-23)35-26-20-10-11-21-27(26)55-30(57-35)25-18-8-3-9-19-25/h1-21,28,31-34,41,73H,22H2,(H2,46,67)(H,56,72)(H,58,69)(H,59,68)(H,60,71)(H,61,70)(H4,47,48,62)(H4,49,50,63)(H4,51,52,64)(H4,53,54,65). The number of primary amides is 1. The highest BCUT2D eigenvalue weighted by Gasteiger charge is 2.35. The van der Waals surface area contributed by atoms with Crippen molar-refractivity contribution in [2.24, 2.45) is 71.6 Å². The van der Waals surface area contributed by atoms with Gasteiger partial charge in [-0.1, -0.05) is 115 Å². The number of anilines is 1. The molecule has 73 heavy (non-hydrogen) atoms. The van der Waals surface area contributed by atoms with E-state index in [2.05, 4.69) is 41.2 Å². The number of benzene rings is 4. The Balaban J connectivity index is 1.46. The molecule has 4 aromatic carbocycles. The van der Waals surface area contributed by atoms with Crippen LogP contribution < -0.4 is 83.1 Å². The summed E-state index contributed by atoms with van der Waals surface area (Å²) >= 11 is 0. The van der Waals surface area contributed by atoms with Crippen LogP contribution in [0.15, 0.2) is 141 Å². The molecule has 0 radical (unpaired) electrons. The van der Waals surface area contributed by atoms with E-state index in [0.717, 1.165) is 5.56 Å². The molecule has 6 amide bonds. The molecule has 0 fully saturated rings. The van der Waals surface area contributed by atoms with Gasteiger partial charge in [0.2, 0.25) is 36.8 Å². The predicted molar refractivity (Wildman–Crippen MR) is 271 cm³/mol. The summed E-state index contributed by atoms with van der Waals surface area (Å²) in [6.45, 7) is -0.0958. The fourth-order valence-corrected chi connectivity index (χ4v) is 6.56. The van der Waals surface area contributed by atoms with Gasteiger partial charge in [-0.2, -0.15) is 0 Å². The second kappa shape index (κ2) is 25.3. The van der Waals surface area contributed by atoms with E-state index in [1.165, 1.54) is 17.0 Å². The number of carbonyl (C=O) groups excluding carboxylic acids is 6. The Hall–Kier alpha value is -10.4. The number of rotatable bonds is 22. The molecule has 5 aromatic rings. The normalized spacial score (nSPS) is 13.2. The van der Waals surface area contributed by atoms with E-state index in [-0.39, 0.29) is 17.9 Å². The first-order valence-electron chi connectivity index (χ1n) is 21.5. The first kappa shape index (κ1) is 53.6. The molecular weight excluding hydrogens is 947 g/mol. The van der Waals surface area contributed by atoms with Crippen LogP contribution in [0.25, 0.3) is 28.4 Å². The number of para-hydroxylation sites is 1. The van der Waals surface area contributed by atoms with E-state index in [9.17, 15) is 33.9 Å². The lowest BCUT2D eigenvalue weighted by molar-refractivity contribution is -0.136. The fraction of sp³-hybridized carbons (Fsp3) is 0.156. The molecule has 380 valence electrons. The number of aromatic nitrogens is 2. The Kier molecular flexibility index (Phi) is 18.6. The topological polar surface area (TPSA) is 495 Å². The van der Waals surface area contributed by atoms with E-state index in [4.69, 9.17) is 61.6 Å². The summed E-state index contributed by atoms with van der Waals surface area (Å²) in [6, 6.07) is 31.3. The monoisotopic (exact) mass is 999 g/mol. The van der Waals surface area contributed by atoms with Gasteiger partial charge >= 0.3 is 0 Å². The van der Waals surface area contributed by atoms with Gasteiger partial charge < -0.3 is 88.2 Å². The predicted octanol–water partition coefficient (Wildman–Crippen LogP) is -4.66. The van der Waals surface area contributed by atoms with Crippen LogP contribution >= 0.6 is 0 Å². The summed E-state index contributed by atoms with van der Waals surface area (Å²) in [5.41, 5.74) is 51.3. The summed E-state index contributed by atoms with van der Waals surface area (Å²) in [4.78, 5) is 107. The van der Waals surface area contributed by atoms with Crippen LogP contribution in [0.2, 0.25) is 0 Å². The highest BCUT2D eigenvalue weighted by Crippen LogP contribution is 2.29. The molecule has 1 aromatic heterocycles. The van der Waals surface area contributed by atoms with E-state index in [1.807, 2.05) is 53.8 Å². The number of aliphatic hydroxyl groups excluding tert-OH is 1. The maximum Gasteiger partial charge on any atom is 0.271 e. The number of amides is 6. The first-order valence-corrected chi connectivity index (χ1v) is 21.5. The second-order valence-corrected chi connectivity index (χ2v) is 15.2. The summed E-state index contributed by atoms with van der Waals surface area (Å²) in [6.07, 6.45) is -6.74. The van der Waals surface area contributed by atoms with Gasteiger partial charge in [-0.25, -0.2) is 29.9 Å². The number of aliphatic imine (C=N–C) groups is 4. The number of nitrogens with two attached hydrogens (primary N) is 9. The van der Waals surface area contributed by atoms with Crippen molar-refractivity contribution in [3.05, 3.63) is 132 Å². The van der Waals surface area contributed by atoms with Gasteiger partial charge in [0.25, 0.3) is 29.5 Å². The van der Waals surface area contributed by atoms with Gasteiger partial charge in [0.1, 0.15) is 11.9 Å². The molecule has 0 spiro atoms. The highest BCUT2D eigenvalue weighted by molar-refractivity contribution is 5.99. The Bertz CT molecular complexity index is 2920. The molecule has 28 nitrogen and oxygen atoms in total. The summed E-state index contributed by atoms with van der Waals surface area (Å²) in [5, 5.41) is 23.6. The average Bonchev–Trinajstić information content (AvgIpc) is 3.35. The minimum Gasteiger partial charge on any atom is -0.370 e. The molecule has 0 bridgehead atoms. The maximum absolute atomic E-state index is 14.5. The smallest absolute Gasteiger partial charge is 0.271 e. The molecule has 0 aliphatic carbocycles. The van der Waals surface area contributed by atoms with Gasteiger partial charge in [-0.15, -0.1) is 0 Å². The van der Waals surface area contributed by atoms with E-state index in [1.54, 1.807) is 66.7 Å². The van der Waals surface area contributed by atoms with Crippen molar-refractivity contribution < 1.29 is 33.9 Å². The Morgan fingerprint density at radius 2 is 0.959 bits per heavy atom. The first-order chi connectivity index (χ1) is 34.8. The fourth-order valence-electron chi connectivity index (χ4n) is 6.56. The van der Waals surface area contributed by atoms with Crippen molar-refractivity contribution in [2.45, 2.75) is 36.9 Å². The number of nitrogens with zero attached hydrogens (tertiary/aromatic N) is 7. The van der Waals surface area contributed by atoms with Gasteiger partial charge in [0.05, 0.1) is 5.52 Å². The zero-order valence-electron chi connectivity index (χ0n) is 38.5. The van der Waals surface area contributed by atoms with Crippen LogP contribution in [0.5, 0.6) is 0 Å². The molecule has 0 saturated heterocycles. The number of guanidine groups is 4. The quantitative estimate of drug-likeness (QED) is 0.0176. The maximum atomic E-state index is 14.5. The third-order valence-electron chi connectivity index (χ3n) is 9.75. The van der Waals surface area contributed by atoms with Gasteiger partial charge in [0, 0.05) is 17.5 Å². The molecule has 28 heteroatoms. The summed E-state index contributed by atoms with van der Waals surface area (Å²) in [5.74, 6) is -9.97. The van der Waals surface area contributed by atoms with Crippen LogP contribution in [0.3, 0.4) is 0 Å². The Labute approximate surface area is 415 Å². The van der Waals surface area contributed by atoms with Gasteiger partial charge in [-0.3, -0.25) is 28.8 Å². The van der Waals surface area contributed by atoms with E-state index in [0.29, 0.717) is 22.3 Å². The summed E-state index contributed by atoms with van der Waals surface area (Å²) in [7, 11) is 0. The Morgan fingerprint density at radius 3 is 1.47 bits per heavy atom. The summed E-state index contributed by atoms with van der Waals surface area (Å²) < 4.78 is 0. The van der Waals surface area contributed by atoms with Gasteiger partial charge in [0.15, 0.2) is 29.7 Å². The molecule has 24 N–H and O–H groups in total. The van der Waals surface area contributed by atoms with E-state index >= 15 is 0 Å². The lowest BCUT2D eigenvalue weighted by atomic mass is 10.1. The largest absolute Gasteiger partial charge is 0.370 e. The van der Waals surface area contributed by atoms with Crippen LogP contribution in [0, 0.1) is 0 Å². The molecule has 0 aliphatic heterocycles. The third-order valence-corrected chi connectivity index (χ3v) is 9.75. The SMILES string of the molecule is NC(=O)C(N=C(N)N)NC(=O)C(N=C(N)N)NC(=O)C(N=C(N)N)NC(=O)C(N=C(N)N)NC(=O)C(NC(=O)C(O)N(CC=Cc1ccccc1)c1nc(-c2ccccc2)nc2ccccc12)c1ccccc1. The number of carbonyl (C=O) groups is 6. The minimum absolute atomic E-state index is 0.0958. The second-order valence-electron chi connectivity index (χ2n) is 15.2. The molecule has 1 heterocycles. The van der Waals surface area contributed by atoms with Gasteiger partial charge in [-0.05, 0) is 23.3 Å². The van der Waals surface area contributed by atoms with Crippen LogP contribution in [-0.2, 0) is 28.8 Å². The zero-order chi connectivity index (χ0) is 53.2. The molecule has 0 aliphatic rings. The average molecular weight is 1000 g/mol. The van der Waals surface area contributed by atoms with Crippen LogP contribution in [0.1, 0.15) is 17.2 Å². The number of hydrogen-bond donors (Lipinski definition) is 15. The molecule has 5 rings (SSSR count). The highest BCUT2D eigenvalue weighted by atomic mass is 16.3. The zero-order valence-corrected chi connectivity index (χ0v) is 38.5. The van der Waals surface area contributed by atoms with Crippen molar-refractivity contribution in [3.8, 4) is 11.4 Å². The van der Waals surface area contributed by atoms with Crippen LogP contribution in [-0.4, -0.2) is 112 Å². The van der Waals surface area contributed by atoms with Crippen LogP contribution in [0.4, 0.5) is 5.82 Å². The molecular formula is C45H53N21O7. The van der Waals surface area contributed by atoms with Crippen molar-refractivity contribution in [2.75, 3.05) is 11.4 Å². The molecule has 6 atom stereocenters. The molecule has 0 saturated carbocycles. The number of aliphatic hydroxyl groups is 1. The lowest BCUT2D eigenvalue weighted by Gasteiger charge is -2.30. The third kappa shape index (κ3) is 15.6. The van der Waals surface area contributed by atoms with Crippen molar-refractivity contribution in [1.82, 2.24) is 36.6 Å². The van der Waals surface area contributed by atoms with Crippen molar-refractivity contribution >= 4 is 82.1 Å².